The Hall–Kier alpha value is -1.53. The van der Waals surface area contributed by atoms with Gasteiger partial charge in [0.15, 0.2) is 0 Å². The minimum absolute atomic E-state index is 0.134. The van der Waals surface area contributed by atoms with Gasteiger partial charge in [0.25, 0.3) is 5.91 Å². The Labute approximate surface area is 148 Å². The predicted octanol–water partition coefficient (Wildman–Crippen LogP) is 4.29. The molecule has 120 valence electrons. The quantitative estimate of drug-likeness (QED) is 0.842. The molecule has 2 aromatic rings. The lowest BCUT2D eigenvalue weighted by Gasteiger charge is -2.14. The Kier molecular flexibility index (Phi) is 5.23. The number of carbonyl (C=O) groups excluding carboxylic acids is 1. The van der Waals surface area contributed by atoms with Crippen LogP contribution in [0.4, 0.5) is 5.69 Å². The molecular weight excluding hydrogens is 376 g/mol. The number of halogens is 1. The van der Waals surface area contributed by atoms with Crippen molar-refractivity contribution < 1.29 is 9.53 Å². The lowest BCUT2D eigenvalue weighted by atomic mass is 10.2. The summed E-state index contributed by atoms with van der Waals surface area (Å²) in [5, 5.41) is 2.90. The third-order valence-electron chi connectivity index (χ3n) is 3.61. The van der Waals surface area contributed by atoms with Gasteiger partial charge in [0, 0.05) is 22.1 Å². The molecule has 1 aromatic carbocycles. The van der Waals surface area contributed by atoms with E-state index in [0.29, 0.717) is 11.4 Å². The maximum absolute atomic E-state index is 12.6. The molecule has 3 rings (SSSR count). The summed E-state index contributed by atoms with van der Waals surface area (Å²) in [7, 11) is 0. The molecule has 0 radical (unpaired) electrons. The Morgan fingerprint density at radius 1 is 1.43 bits per heavy atom. The van der Waals surface area contributed by atoms with E-state index < -0.39 is 0 Å². The topological polar surface area (TPSA) is 51.2 Å². The Morgan fingerprint density at radius 3 is 3.04 bits per heavy atom. The molecule has 0 spiro atoms. The Morgan fingerprint density at radius 2 is 2.30 bits per heavy atom. The van der Waals surface area contributed by atoms with E-state index in [1.54, 1.807) is 18.3 Å². The molecule has 1 aliphatic rings. The third kappa shape index (κ3) is 4.06. The fourth-order valence-corrected chi connectivity index (χ4v) is 3.76. The fraction of sp³-hybridized carbons (Fsp3) is 0.294. The van der Waals surface area contributed by atoms with Gasteiger partial charge in [0.2, 0.25) is 5.88 Å². The number of hydrogen-bond donors (Lipinski definition) is 1. The van der Waals surface area contributed by atoms with Crippen molar-refractivity contribution in [2.45, 2.75) is 19.4 Å². The average Bonchev–Trinajstić information content (AvgIpc) is 3.04. The van der Waals surface area contributed by atoms with E-state index in [4.69, 9.17) is 4.74 Å². The van der Waals surface area contributed by atoms with E-state index in [0.717, 1.165) is 33.7 Å². The molecule has 1 aliphatic heterocycles. The van der Waals surface area contributed by atoms with Crippen molar-refractivity contribution in [1.82, 2.24) is 4.98 Å². The molecule has 1 atom stereocenters. The summed E-state index contributed by atoms with van der Waals surface area (Å²) in [6, 6.07) is 9.20. The van der Waals surface area contributed by atoms with Crippen LogP contribution in [-0.4, -0.2) is 28.5 Å². The summed E-state index contributed by atoms with van der Waals surface area (Å²) < 4.78 is 6.87. The predicted molar refractivity (Wildman–Crippen MR) is 97.4 cm³/mol. The van der Waals surface area contributed by atoms with Crippen LogP contribution in [0.1, 0.15) is 22.3 Å². The first kappa shape index (κ1) is 16.3. The number of pyridine rings is 1. The number of rotatable bonds is 4. The zero-order chi connectivity index (χ0) is 16.2. The van der Waals surface area contributed by atoms with Gasteiger partial charge in [0.05, 0.1) is 0 Å². The molecule has 0 saturated carbocycles. The largest absolute Gasteiger partial charge is 0.473 e. The van der Waals surface area contributed by atoms with Gasteiger partial charge in [-0.25, -0.2) is 4.98 Å². The van der Waals surface area contributed by atoms with Crippen molar-refractivity contribution in [3.63, 3.8) is 0 Å². The number of aryl methyl sites for hydroxylation is 1. The smallest absolute Gasteiger partial charge is 0.261 e. The standard InChI is InChI=1S/C17H17BrN2O2S/c1-11-4-5-12(9-15(11)18)20-16(21)14-3-2-7-19-17(14)22-13-6-8-23-10-13/h2-5,7,9,13H,6,8,10H2,1H3,(H,20,21). The zero-order valence-electron chi connectivity index (χ0n) is 12.7. The maximum atomic E-state index is 12.6. The maximum Gasteiger partial charge on any atom is 0.261 e. The minimum Gasteiger partial charge on any atom is -0.473 e. The summed E-state index contributed by atoms with van der Waals surface area (Å²) in [5.41, 5.74) is 2.31. The van der Waals surface area contributed by atoms with E-state index in [2.05, 4.69) is 26.2 Å². The van der Waals surface area contributed by atoms with Gasteiger partial charge in [-0.3, -0.25) is 4.79 Å². The number of nitrogens with one attached hydrogen (secondary N) is 1. The SMILES string of the molecule is Cc1ccc(NC(=O)c2cccnc2OC2CCSC2)cc1Br. The van der Waals surface area contributed by atoms with E-state index in [-0.39, 0.29) is 12.0 Å². The highest BCUT2D eigenvalue weighted by Gasteiger charge is 2.21. The molecule has 1 unspecified atom stereocenters. The lowest BCUT2D eigenvalue weighted by molar-refractivity contribution is 0.101. The van der Waals surface area contributed by atoms with Crippen LogP contribution in [0.15, 0.2) is 41.0 Å². The lowest BCUT2D eigenvalue weighted by Crippen LogP contribution is -2.20. The molecule has 6 heteroatoms. The summed E-state index contributed by atoms with van der Waals surface area (Å²) in [4.78, 5) is 16.8. The normalized spacial score (nSPS) is 17.0. The van der Waals surface area contributed by atoms with Gasteiger partial charge in [-0.2, -0.15) is 11.8 Å². The number of anilines is 1. The van der Waals surface area contributed by atoms with Crippen molar-refractivity contribution in [3.05, 3.63) is 52.1 Å². The number of benzene rings is 1. The van der Waals surface area contributed by atoms with Gasteiger partial charge in [0.1, 0.15) is 11.7 Å². The molecule has 1 aromatic heterocycles. The Balaban J connectivity index is 1.77. The number of aromatic nitrogens is 1. The van der Waals surface area contributed by atoms with Crippen molar-refractivity contribution in [2.75, 3.05) is 16.8 Å². The van der Waals surface area contributed by atoms with Crippen LogP contribution in [-0.2, 0) is 0 Å². The van der Waals surface area contributed by atoms with Gasteiger partial charge in [-0.15, -0.1) is 0 Å². The fourth-order valence-electron chi connectivity index (χ4n) is 2.29. The number of carbonyl (C=O) groups is 1. The van der Waals surface area contributed by atoms with Crippen LogP contribution in [0.3, 0.4) is 0 Å². The monoisotopic (exact) mass is 392 g/mol. The van der Waals surface area contributed by atoms with Crippen LogP contribution in [0.5, 0.6) is 5.88 Å². The zero-order valence-corrected chi connectivity index (χ0v) is 15.1. The highest BCUT2D eigenvalue weighted by atomic mass is 79.9. The van der Waals surface area contributed by atoms with Crippen LogP contribution in [0, 0.1) is 6.92 Å². The van der Waals surface area contributed by atoms with E-state index in [1.807, 2.05) is 36.9 Å². The number of nitrogens with zero attached hydrogens (tertiary/aromatic N) is 1. The van der Waals surface area contributed by atoms with Gasteiger partial charge < -0.3 is 10.1 Å². The second-order valence-corrected chi connectivity index (χ2v) is 7.38. The highest BCUT2D eigenvalue weighted by Crippen LogP contribution is 2.25. The van der Waals surface area contributed by atoms with Crippen molar-refractivity contribution in [2.24, 2.45) is 0 Å². The van der Waals surface area contributed by atoms with Crippen molar-refractivity contribution >= 4 is 39.3 Å². The van der Waals surface area contributed by atoms with E-state index in [9.17, 15) is 4.79 Å². The van der Waals surface area contributed by atoms with Crippen LogP contribution in [0.25, 0.3) is 0 Å². The molecule has 4 nitrogen and oxygen atoms in total. The third-order valence-corrected chi connectivity index (χ3v) is 5.60. The first-order valence-corrected chi connectivity index (χ1v) is 9.35. The first-order chi connectivity index (χ1) is 11.1. The summed E-state index contributed by atoms with van der Waals surface area (Å²) in [6.07, 6.45) is 2.78. The molecular formula is C17H17BrN2O2S. The molecule has 0 aliphatic carbocycles. The van der Waals surface area contributed by atoms with Crippen molar-refractivity contribution in [1.29, 1.82) is 0 Å². The minimum atomic E-state index is -0.213. The summed E-state index contributed by atoms with van der Waals surface area (Å²) in [5.74, 6) is 2.23. The molecule has 1 fully saturated rings. The molecule has 23 heavy (non-hydrogen) atoms. The Bertz CT molecular complexity index is 717. The number of hydrogen-bond acceptors (Lipinski definition) is 4. The summed E-state index contributed by atoms with van der Waals surface area (Å²) >= 11 is 5.34. The van der Waals surface area contributed by atoms with E-state index in [1.165, 1.54) is 0 Å². The van der Waals surface area contributed by atoms with Crippen LogP contribution in [0.2, 0.25) is 0 Å². The van der Waals surface area contributed by atoms with Gasteiger partial charge in [-0.1, -0.05) is 22.0 Å². The molecule has 1 N–H and O–H groups in total. The molecule has 2 heterocycles. The second-order valence-electron chi connectivity index (χ2n) is 5.38. The van der Waals surface area contributed by atoms with Gasteiger partial charge >= 0.3 is 0 Å². The number of ether oxygens (including phenoxy) is 1. The molecule has 1 amide bonds. The van der Waals surface area contributed by atoms with E-state index >= 15 is 0 Å². The molecule has 0 bridgehead atoms. The second kappa shape index (κ2) is 7.36. The highest BCUT2D eigenvalue weighted by molar-refractivity contribution is 9.10. The van der Waals surface area contributed by atoms with Crippen LogP contribution >= 0.6 is 27.7 Å². The number of thioether (sulfide) groups is 1. The van der Waals surface area contributed by atoms with Gasteiger partial charge in [-0.05, 0) is 48.9 Å². The number of amides is 1. The molecule has 1 saturated heterocycles. The van der Waals surface area contributed by atoms with Crippen molar-refractivity contribution in [3.8, 4) is 5.88 Å². The average molecular weight is 393 g/mol. The first-order valence-electron chi connectivity index (χ1n) is 7.40. The summed E-state index contributed by atoms with van der Waals surface area (Å²) in [6.45, 7) is 2.00. The van der Waals surface area contributed by atoms with Crippen LogP contribution < -0.4 is 10.1 Å².